The minimum atomic E-state index is -5.01. The van der Waals surface area contributed by atoms with Crippen LogP contribution >= 0.6 is 0 Å². The number of aryl methyl sites for hydroxylation is 1. The fourth-order valence-electron chi connectivity index (χ4n) is 4.64. The van der Waals surface area contributed by atoms with E-state index >= 15 is 0 Å². The van der Waals surface area contributed by atoms with Crippen LogP contribution in [0.1, 0.15) is 18.6 Å². The number of alkyl halides is 2. The van der Waals surface area contributed by atoms with Crippen molar-refractivity contribution in [2.24, 2.45) is 7.05 Å². The van der Waals surface area contributed by atoms with E-state index in [1.54, 1.807) is 35.7 Å². The first-order chi connectivity index (χ1) is 20.5. The van der Waals surface area contributed by atoms with Crippen LogP contribution in [-0.4, -0.2) is 52.3 Å². The van der Waals surface area contributed by atoms with Crippen LogP contribution in [0.3, 0.4) is 0 Å². The van der Waals surface area contributed by atoms with E-state index < -0.39 is 27.7 Å². The Morgan fingerprint density at radius 1 is 1.09 bits per heavy atom. The Labute approximate surface area is 245 Å². The van der Waals surface area contributed by atoms with E-state index in [9.17, 15) is 21.6 Å². The zero-order valence-electron chi connectivity index (χ0n) is 23.4. The van der Waals surface area contributed by atoms with E-state index in [0.717, 1.165) is 17.7 Å². The predicted octanol–water partition coefficient (Wildman–Crippen LogP) is 4.54. The molecule has 0 saturated carbocycles. The van der Waals surface area contributed by atoms with Gasteiger partial charge in [-0.1, -0.05) is 18.2 Å². The number of pyridine rings is 1. The van der Waals surface area contributed by atoms with Gasteiger partial charge in [0, 0.05) is 42.7 Å². The van der Waals surface area contributed by atoms with Gasteiger partial charge in [0.15, 0.2) is 0 Å². The average Bonchev–Trinajstić information content (AvgIpc) is 3.58. The normalized spacial score (nSPS) is 12.6. The first-order valence-corrected chi connectivity index (χ1v) is 14.7. The Kier molecular flexibility index (Phi) is 8.28. The van der Waals surface area contributed by atoms with Crippen LogP contribution in [0.4, 0.5) is 24.7 Å². The van der Waals surface area contributed by atoms with Gasteiger partial charge >= 0.3 is 5.76 Å². The fraction of sp³-hybridized carbons (Fsp3) is 0.250. The van der Waals surface area contributed by atoms with Crippen molar-refractivity contribution >= 4 is 32.4 Å². The van der Waals surface area contributed by atoms with Crippen molar-refractivity contribution < 1.29 is 26.3 Å². The maximum absolute atomic E-state index is 13.5. The van der Waals surface area contributed by atoms with E-state index in [2.05, 4.69) is 20.5 Å². The van der Waals surface area contributed by atoms with Crippen molar-refractivity contribution in [3.8, 4) is 28.1 Å². The number of hydrogen-bond acceptors (Lipinski definition) is 8. The second-order valence-corrected chi connectivity index (χ2v) is 11.4. The number of anilines is 2. The highest BCUT2D eigenvalue weighted by molar-refractivity contribution is 7.93. The number of halogens is 3. The highest BCUT2D eigenvalue weighted by atomic mass is 32.2. The number of rotatable bonds is 11. The van der Waals surface area contributed by atoms with E-state index in [1.807, 2.05) is 18.0 Å². The molecule has 5 rings (SSSR count). The number of aromatic nitrogens is 5. The highest BCUT2D eigenvalue weighted by Crippen LogP contribution is 2.40. The molecule has 11 nitrogen and oxygen atoms in total. The lowest BCUT2D eigenvalue weighted by Gasteiger charge is -2.19. The Bertz CT molecular complexity index is 1870. The number of fused-ring (bicyclic) bond motifs is 1. The number of nitrogens with one attached hydrogen (secondary N) is 2. The number of likely N-dealkylation sites (N-methyl/N-ethyl adjacent to an activating group) is 1. The molecule has 3 heterocycles. The molecule has 4 N–H and O–H groups in total. The van der Waals surface area contributed by atoms with Gasteiger partial charge in [0.1, 0.15) is 29.2 Å². The molecule has 1 atom stereocenters. The van der Waals surface area contributed by atoms with Crippen LogP contribution < -0.4 is 20.5 Å². The average molecular weight is 615 g/mol. The lowest BCUT2D eigenvalue weighted by Crippen LogP contribution is -2.21. The summed E-state index contributed by atoms with van der Waals surface area (Å²) in [5.41, 5.74) is 9.81. The number of benzene rings is 2. The topological polar surface area (TPSA) is 142 Å². The first kappa shape index (κ1) is 29.8. The van der Waals surface area contributed by atoms with Crippen LogP contribution in [0.2, 0.25) is 0 Å². The fourth-order valence-corrected chi connectivity index (χ4v) is 5.21. The number of hydrogen-bond donors (Lipinski definition) is 3. The maximum atomic E-state index is 13.5. The number of sulfonamides is 1. The summed E-state index contributed by atoms with van der Waals surface area (Å²) in [6.45, 7) is 3.06. The molecule has 0 spiro atoms. The van der Waals surface area contributed by atoms with E-state index in [1.165, 1.54) is 42.5 Å². The molecule has 0 aliphatic carbocycles. The Morgan fingerprint density at radius 2 is 1.84 bits per heavy atom. The number of nitrogens with zero attached hydrogens (tertiary/aromatic N) is 5. The minimum Gasteiger partial charge on any atom is -0.484 e. The third-order valence-corrected chi connectivity index (χ3v) is 7.78. The molecule has 3 aromatic heterocycles. The molecule has 0 saturated heterocycles. The van der Waals surface area contributed by atoms with Gasteiger partial charge in [0.25, 0.3) is 10.0 Å². The van der Waals surface area contributed by atoms with Gasteiger partial charge in [0.2, 0.25) is 0 Å². The van der Waals surface area contributed by atoms with Gasteiger partial charge < -0.3 is 15.8 Å². The molecule has 0 aliphatic heterocycles. The monoisotopic (exact) mass is 614 g/mol. The van der Waals surface area contributed by atoms with Crippen molar-refractivity contribution in [3.63, 3.8) is 0 Å². The van der Waals surface area contributed by atoms with Crippen molar-refractivity contribution in [2.75, 3.05) is 24.0 Å². The van der Waals surface area contributed by atoms with Gasteiger partial charge in [-0.05, 0) is 43.8 Å². The standard InChI is InChI=1S/C28H29F3N8O3S/c1-16(17-4-7-20(29)8-5-17)42-23-12-18(6-9-22(23)37-43(40,41)28(30)31)25-24-26(38(3)36-25)21(14-34-27(24)32)19-13-35-39(15-19)11-10-33-2/h4-9,12-16,28,33,37H,10-11H2,1-3H3,(H2,32,34)/t16-/m0/s1. The van der Waals surface area contributed by atoms with Gasteiger partial charge in [-0.15, -0.1) is 0 Å². The Balaban J connectivity index is 1.61. The Morgan fingerprint density at radius 3 is 2.53 bits per heavy atom. The molecule has 0 unspecified atom stereocenters. The van der Waals surface area contributed by atoms with Crippen molar-refractivity contribution in [3.05, 3.63) is 72.4 Å². The maximum Gasteiger partial charge on any atom is 0.355 e. The van der Waals surface area contributed by atoms with Crippen molar-refractivity contribution in [1.82, 2.24) is 29.9 Å². The van der Waals surface area contributed by atoms with Crippen molar-refractivity contribution in [2.45, 2.75) is 25.3 Å². The molecule has 0 amide bonds. The molecule has 5 aromatic rings. The molecular weight excluding hydrogens is 585 g/mol. The van der Waals surface area contributed by atoms with Crippen LogP contribution in [0, 0.1) is 5.82 Å². The van der Waals surface area contributed by atoms with Gasteiger partial charge in [-0.2, -0.15) is 19.0 Å². The highest BCUT2D eigenvalue weighted by Gasteiger charge is 2.27. The molecule has 43 heavy (non-hydrogen) atoms. The number of nitrogen functional groups attached to an aromatic ring is 1. The number of ether oxygens (including phenoxy) is 1. The summed E-state index contributed by atoms with van der Waals surface area (Å²) in [7, 11) is -1.40. The zero-order valence-corrected chi connectivity index (χ0v) is 24.2. The molecule has 226 valence electrons. The van der Waals surface area contributed by atoms with Crippen molar-refractivity contribution in [1.29, 1.82) is 0 Å². The molecule has 15 heteroatoms. The third-order valence-electron chi connectivity index (χ3n) is 6.81. The number of nitrogens with two attached hydrogens (primary N) is 1. The SMILES string of the molecule is CNCCn1cc(-c2cnc(N)c3c(-c4ccc(NS(=O)(=O)C(F)F)c(O[C@@H](C)c5ccc(F)cc5)c4)nn(C)c23)cn1. The molecular formula is C28H29F3N8O3S. The van der Waals surface area contributed by atoms with Gasteiger partial charge in [0.05, 0.1) is 29.3 Å². The summed E-state index contributed by atoms with van der Waals surface area (Å²) >= 11 is 0. The van der Waals surface area contributed by atoms with E-state index in [0.29, 0.717) is 34.3 Å². The molecule has 0 aliphatic rings. The lowest BCUT2D eigenvalue weighted by molar-refractivity contribution is 0.228. The van der Waals surface area contributed by atoms with Gasteiger partial charge in [-0.3, -0.25) is 14.1 Å². The zero-order chi connectivity index (χ0) is 30.9. The second-order valence-electron chi connectivity index (χ2n) is 9.78. The summed E-state index contributed by atoms with van der Waals surface area (Å²) < 4.78 is 75.4. The van der Waals surface area contributed by atoms with Crippen LogP contribution in [0.5, 0.6) is 5.75 Å². The summed E-state index contributed by atoms with van der Waals surface area (Å²) in [4.78, 5) is 4.40. The summed E-state index contributed by atoms with van der Waals surface area (Å²) in [5.74, 6) is -3.96. The smallest absolute Gasteiger partial charge is 0.355 e. The first-order valence-electron chi connectivity index (χ1n) is 13.1. The summed E-state index contributed by atoms with van der Waals surface area (Å²) in [5, 5.41) is 12.7. The molecule has 2 aromatic carbocycles. The van der Waals surface area contributed by atoms with E-state index in [-0.39, 0.29) is 17.3 Å². The predicted molar refractivity (Wildman–Crippen MR) is 157 cm³/mol. The summed E-state index contributed by atoms with van der Waals surface area (Å²) in [6.07, 6.45) is 4.55. The molecule has 0 bridgehead atoms. The minimum absolute atomic E-state index is 0.0501. The lowest BCUT2D eigenvalue weighted by atomic mass is 10.0. The summed E-state index contributed by atoms with van der Waals surface area (Å²) in [6, 6.07) is 9.83. The largest absolute Gasteiger partial charge is 0.484 e. The molecule has 0 radical (unpaired) electrons. The van der Waals surface area contributed by atoms with Crippen LogP contribution in [0.25, 0.3) is 33.3 Å². The second kappa shape index (κ2) is 11.9. The van der Waals surface area contributed by atoms with Crippen LogP contribution in [0.15, 0.2) is 61.1 Å². The quantitative estimate of drug-likeness (QED) is 0.197. The Hall–Kier alpha value is -4.63. The third kappa shape index (κ3) is 6.12. The van der Waals surface area contributed by atoms with Crippen LogP contribution in [-0.2, 0) is 23.6 Å². The van der Waals surface area contributed by atoms with E-state index in [4.69, 9.17) is 10.5 Å². The van der Waals surface area contributed by atoms with Gasteiger partial charge in [-0.25, -0.2) is 17.8 Å². The molecule has 0 fully saturated rings.